The third kappa shape index (κ3) is 3.57. The number of benzene rings is 1. The molecule has 0 spiro atoms. The van der Waals surface area contributed by atoms with Gasteiger partial charge in [0.05, 0.1) is 12.6 Å². The molecule has 8 nitrogen and oxygen atoms in total. The molecule has 1 aromatic carbocycles. The van der Waals surface area contributed by atoms with E-state index in [2.05, 4.69) is 10.4 Å². The third-order valence-corrected chi connectivity index (χ3v) is 4.16. The predicted molar refractivity (Wildman–Crippen MR) is 91.7 cm³/mol. The molecule has 1 aliphatic rings. The van der Waals surface area contributed by atoms with Gasteiger partial charge in [-0.25, -0.2) is 4.79 Å². The third-order valence-electron chi connectivity index (χ3n) is 4.16. The van der Waals surface area contributed by atoms with Crippen molar-refractivity contribution in [2.45, 2.75) is 19.4 Å². The summed E-state index contributed by atoms with van der Waals surface area (Å²) < 4.78 is 6.42. The summed E-state index contributed by atoms with van der Waals surface area (Å²) in [5.74, 6) is -0.336. The van der Waals surface area contributed by atoms with Gasteiger partial charge in [-0.2, -0.15) is 0 Å². The van der Waals surface area contributed by atoms with E-state index in [-0.39, 0.29) is 29.3 Å². The van der Waals surface area contributed by atoms with Crippen LogP contribution >= 0.6 is 0 Å². The molecule has 1 saturated heterocycles. The fraction of sp³-hybridized carbons (Fsp3) is 0.353. The van der Waals surface area contributed by atoms with E-state index in [0.717, 1.165) is 17.7 Å². The molecule has 2 N–H and O–H groups in total. The Morgan fingerprint density at radius 2 is 2.00 bits per heavy atom. The lowest BCUT2D eigenvalue weighted by atomic mass is 10.1. The highest BCUT2D eigenvalue weighted by Gasteiger charge is 2.21. The SMILES string of the molecule is CC(NC(=O)c1cc(=O)[nH]n1C)c1ccc(N2CCCOC2=O)cc1. The summed E-state index contributed by atoms with van der Waals surface area (Å²) in [5, 5.41) is 5.35. The van der Waals surface area contributed by atoms with E-state index in [1.54, 1.807) is 11.9 Å². The fourth-order valence-electron chi connectivity index (χ4n) is 2.78. The summed E-state index contributed by atoms with van der Waals surface area (Å²) in [4.78, 5) is 36.9. The molecule has 2 heterocycles. The van der Waals surface area contributed by atoms with Gasteiger partial charge in [-0.05, 0) is 31.0 Å². The lowest BCUT2D eigenvalue weighted by Gasteiger charge is -2.26. The van der Waals surface area contributed by atoms with Gasteiger partial charge >= 0.3 is 6.09 Å². The summed E-state index contributed by atoms with van der Waals surface area (Å²) in [7, 11) is 1.60. The zero-order valence-corrected chi connectivity index (χ0v) is 14.1. The van der Waals surface area contributed by atoms with Crippen molar-refractivity contribution >= 4 is 17.7 Å². The van der Waals surface area contributed by atoms with Crippen LogP contribution in [0.4, 0.5) is 10.5 Å². The molecule has 0 radical (unpaired) electrons. The van der Waals surface area contributed by atoms with E-state index in [4.69, 9.17) is 4.74 Å². The Bertz CT molecular complexity index is 837. The van der Waals surface area contributed by atoms with E-state index in [1.165, 1.54) is 10.7 Å². The lowest BCUT2D eigenvalue weighted by molar-refractivity contribution is 0.0930. The number of cyclic esters (lactones) is 1. The number of carbonyl (C=O) groups excluding carboxylic acids is 2. The van der Waals surface area contributed by atoms with Crippen LogP contribution in [0.25, 0.3) is 0 Å². The molecule has 0 bridgehead atoms. The highest BCUT2D eigenvalue weighted by Crippen LogP contribution is 2.22. The van der Waals surface area contributed by atoms with E-state index in [9.17, 15) is 14.4 Å². The molecule has 1 aromatic heterocycles. The molecule has 0 saturated carbocycles. The monoisotopic (exact) mass is 344 g/mol. The predicted octanol–water partition coefficient (Wildman–Crippen LogP) is 1.55. The maximum atomic E-state index is 12.3. The van der Waals surface area contributed by atoms with E-state index < -0.39 is 0 Å². The molecule has 2 amide bonds. The van der Waals surface area contributed by atoms with E-state index in [0.29, 0.717) is 13.2 Å². The average molecular weight is 344 g/mol. The number of amides is 2. The van der Waals surface area contributed by atoms with Crippen LogP contribution in [-0.4, -0.2) is 34.9 Å². The van der Waals surface area contributed by atoms with Crippen LogP contribution in [0.2, 0.25) is 0 Å². The number of nitrogens with zero attached hydrogens (tertiary/aromatic N) is 2. The number of H-pyrrole nitrogens is 1. The smallest absolute Gasteiger partial charge is 0.414 e. The maximum absolute atomic E-state index is 12.3. The molecule has 3 rings (SSSR count). The molecular weight excluding hydrogens is 324 g/mol. The molecular formula is C17H20N4O4. The fourth-order valence-corrected chi connectivity index (χ4v) is 2.78. The second kappa shape index (κ2) is 6.84. The van der Waals surface area contributed by atoms with Crippen molar-refractivity contribution < 1.29 is 14.3 Å². The van der Waals surface area contributed by atoms with Crippen LogP contribution in [0.15, 0.2) is 35.1 Å². The zero-order chi connectivity index (χ0) is 18.0. The minimum absolute atomic E-state index is 0.250. The van der Waals surface area contributed by atoms with Crippen LogP contribution in [0.1, 0.15) is 35.4 Å². The number of hydrogen-bond acceptors (Lipinski definition) is 4. The summed E-state index contributed by atoms with van der Waals surface area (Å²) in [6.45, 7) is 2.94. The normalized spacial score (nSPS) is 15.6. The van der Waals surface area contributed by atoms with Gasteiger partial charge in [0.2, 0.25) is 0 Å². The Kier molecular flexibility index (Phi) is 4.60. The van der Waals surface area contributed by atoms with Crippen molar-refractivity contribution in [3.63, 3.8) is 0 Å². The molecule has 0 aliphatic carbocycles. The van der Waals surface area contributed by atoms with Gasteiger partial charge in [0.25, 0.3) is 11.5 Å². The number of ether oxygens (including phenoxy) is 1. The molecule has 2 aromatic rings. The second-order valence-corrected chi connectivity index (χ2v) is 5.97. The Labute approximate surface area is 144 Å². The Balaban J connectivity index is 1.69. The Morgan fingerprint density at radius 1 is 1.28 bits per heavy atom. The van der Waals surface area contributed by atoms with Crippen molar-refractivity contribution in [2.75, 3.05) is 18.1 Å². The van der Waals surface area contributed by atoms with E-state index >= 15 is 0 Å². The standard InChI is InChI=1S/C17H20N4O4/c1-11(18-16(23)14-10-15(22)19-20(14)2)12-4-6-13(7-5-12)21-8-3-9-25-17(21)24/h4-7,10-11H,3,8-9H2,1-2H3,(H,18,23)(H,19,22). The molecule has 25 heavy (non-hydrogen) atoms. The number of anilines is 1. The van der Waals surface area contributed by atoms with Crippen LogP contribution in [0.5, 0.6) is 0 Å². The van der Waals surface area contributed by atoms with Gasteiger partial charge in [0.1, 0.15) is 5.69 Å². The topological polar surface area (TPSA) is 96.4 Å². The molecule has 132 valence electrons. The number of nitrogens with one attached hydrogen (secondary N) is 2. The van der Waals surface area contributed by atoms with Crippen LogP contribution in [0, 0.1) is 0 Å². The summed E-state index contributed by atoms with van der Waals surface area (Å²) in [6.07, 6.45) is 0.462. The highest BCUT2D eigenvalue weighted by molar-refractivity contribution is 5.92. The van der Waals surface area contributed by atoms with Gasteiger partial charge in [0.15, 0.2) is 0 Å². The maximum Gasteiger partial charge on any atom is 0.414 e. The number of aromatic amines is 1. The Morgan fingerprint density at radius 3 is 2.60 bits per heavy atom. The van der Waals surface area contributed by atoms with Crippen LogP contribution in [-0.2, 0) is 11.8 Å². The first-order valence-electron chi connectivity index (χ1n) is 8.07. The highest BCUT2D eigenvalue weighted by atomic mass is 16.6. The minimum atomic E-state index is -0.339. The number of rotatable bonds is 4. The van der Waals surface area contributed by atoms with Crippen LogP contribution < -0.4 is 15.8 Å². The number of aryl methyl sites for hydroxylation is 1. The first-order valence-corrected chi connectivity index (χ1v) is 8.07. The summed E-state index contributed by atoms with van der Waals surface area (Å²) in [6, 6.07) is 8.39. The van der Waals surface area contributed by atoms with Crippen molar-refractivity contribution in [1.29, 1.82) is 0 Å². The largest absolute Gasteiger partial charge is 0.449 e. The number of hydrogen-bond donors (Lipinski definition) is 2. The molecule has 1 unspecified atom stereocenters. The van der Waals surface area contributed by atoms with Crippen LogP contribution in [0.3, 0.4) is 0 Å². The molecule has 1 fully saturated rings. The van der Waals surface area contributed by atoms with Crippen molar-refractivity contribution in [1.82, 2.24) is 15.1 Å². The Hall–Kier alpha value is -3.03. The average Bonchev–Trinajstić information content (AvgIpc) is 2.94. The zero-order valence-electron chi connectivity index (χ0n) is 14.1. The van der Waals surface area contributed by atoms with E-state index in [1.807, 2.05) is 31.2 Å². The first kappa shape index (κ1) is 16.8. The molecule has 1 aliphatic heterocycles. The lowest BCUT2D eigenvalue weighted by Crippen LogP contribution is -2.37. The van der Waals surface area contributed by atoms with Gasteiger partial charge in [0, 0.05) is 25.3 Å². The molecule has 1 atom stereocenters. The quantitative estimate of drug-likeness (QED) is 0.879. The molecule has 8 heteroatoms. The first-order chi connectivity index (χ1) is 12.0. The number of aromatic nitrogens is 2. The van der Waals surface area contributed by atoms with Crippen molar-refractivity contribution in [3.8, 4) is 0 Å². The van der Waals surface area contributed by atoms with Crippen molar-refractivity contribution in [2.24, 2.45) is 7.05 Å². The number of carbonyl (C=O) groups is 2. The van der Waals surface area contributed by atoms with Gasteiger partial charge < -0.3 is 10.1 Å². The van der Waals surface area contributed by atoms with Gasteiger partial charge in [-0.1, -0.05) is 12.1 Å². The van der Waals surface area contributed by atoms with Gasteiger partial charge in [-0.15, -0.1) is 0 Å². The summed E-state index contributed by atoms with van der Waals surface area (Å²) in [5.41, 5.74) is 1.60. The second-order valence-electron chi connectivity index (χ2n) is 5.97. The van der Waals surface area contributed by atoms with Gasteiger partial charge in [-0.3, -0.25) is 24.3 Å². The summed E-state index contributed by atoms with van der Waals surface area (Å²) >= 11 is 0. The minimum Gasteiger partial charge on any atom is -0.449 e. The van der Waals surface area contributed by atoms with Crippen molar-refractivity contribution in [3.05, 3.63) is 51.9 Å².